The number of guanidine groups is 1. The minimum absolute atomic E-state index is 0.177. The second-order valence-corrected chi connectivity index (χ2v) is 5.58. The van der Waals surface area contributed by atoms with Crippen molar-refractivity contribution in [2.45, 2.75) is 19.9 Å². The zero-order valence-electron chi connectivity index (χ0n) is 14.3. The third-order valence-corrected chi connectivity index (χ3v) is 3.67. The number of nitrogens with zero attached hydrogens (tertiary/aromatic N) is 1. The third kappa shape index (κ3) is 5.91. The Labute approximate surface area is 143 Å². The number of benzene rings is 2. The van der Waals surface area contributed by atoms with Crippen LogP contribution < -0.4 is 16.0 Å². The van der Waals surface area contributed by atoms with E-state index in [1.807, 2.05) is 24.3 Å². The molecular weight excluding hydrogens is 303 g/mol. The van der Waals surface area contributed by atoms with Gasteiger partial charge in [-0.25, -0.2) is 4.39 Å². The van der Waals surface area contributed by atoms with Gasteiger partial charge in [0, 0.05) is 32.4 Å². The van der Waals surface area contributed by atoms with E-state index in [0.29, 0.717) is 12.1 Å². The molecule has 5 heteroatoms. The molecule has 4 nitrogen and oxygen atoms in total. The van der Waals surface area contributed by atoms with E-state index in [9.17, 15) is 4.39 Å². The van der Waals surface area contributed by atoms with Crippen LogP contribution in [0.2, 0.25) is 0 Å². The van der Waals surface area contributed by atoms with E-state index in [0.717, 1.165) is 36.7 Å². The molecule has 0 heterocycles. The van der Waals surface area contributed by atoms with Crippen LogP contribution in [0, 0.1) is 12.7 Å². The first-order chi connectivity index (χ1) is 11.7. The average Bonchev–Trinajstić information content (AvgIpc) is 2.61. The van der Waals surface area contributed by atoms with Crippen LogP contribution in [-0.4, -0.2) is 26.1 Å². The van der Waals surface area contributed by atoms with Crippen LogP contribution in [0.25, 0.3) is 0 Å². The minimum Gasteiger partial charge on any atom is -0.385 e. The van der Waals surface area contributed by atoms with Crippen LogP contribution in [0.5, 0.6) is 0 Å². The first kappa shape index (κ1) is 17.8. The van der Waals surface area contributed by atoms with Gasteiger partial charge < -0.3 is 16.0 Å². The number of para-hydroxylation sites is 1. The molecule has 0 bridgehead atoms. The highest BCUT2D eigenvalue weighted by Gasteiger charge is 2.01. The van der Waals surface area contributed by atoms with Gasteiger partial charge in [0.1, 0.15) is 5.82 Å². The minimum atomic E-state index is -0.177. The van der Waals surface area contributed by atoms with E-state index in [4.69, 9.17) is 0 Å². The van der Waals surface area contributed by atoms with Crippen molar-refractivity contribution in [1.82, 2.24) is 10.6 Å². The highest BCUT2D eigenvalue weighted by atomic mass is 19.1. The summed E-state index contributed by atoms with van der Waals surface area (Å²) in [6, 6.07) is 15.4. The Morgan fingerprint density at radius 1 is 1.04 bits per heavy atom. The smallest absolute Gasteiger partial charge is 0.191 e. The Hall–Kier alpha value is -2.56. The second-order valence-electron chi connectivity index (χ2n) is 5.58. The van der Waals surface area contributed by atoms with E-state index in [2.05, 4.69) is 33.1 Å². The summed E-state index contributed by atoms with van der Waals surface area (Å²) in [5.74, 6) is 0.542. The number of halogens is 1. The van der Waals surface area contributed by atoms with E-state index in [1.165, 1.54) is 0 Å². The van der Waals surface area contributed by atoms with Crippen LogP contribution >= 0.6 is 0 Å². The number of nitrogens with one attached hydrogen (secondary N) is 3. The maximum Gasteiger partial charge on any atom is 0.191 e. The first-order valence-electron chi connectivity index (χ1n) is 8.17. The summed E-state index contributed by atoms with van der Waals surface area (Å²) in [5, 5.41) is 9.81. The Kier molecular flexibility index (Phi) is 7.08. The summed E-state index contributed by atoms with van der Waals surface area (Å²) < 4.78 is 13.5. The number of hydrogen-bond donors (Lipinski definition) is 3. The van der Waals surface area contributed by atoms with Gasteiger partial charge in [0.05, 0.1) is 0 Å². The fourth-order valence-electron chi connectivity index (χ4n) is 2.24. The van der Waals surface area contributed by atoms with Gasteiger partial charge in [-0.3, -0.25) is 4.99 Å². The number of rotatable bonds is 7. The van der Waals surface area contributed by atoms with Crippen molar-refractivity contribution in [3.05, 3.63) is 65.5 Å². The fourth-order valence-corrected chi connectivity index (χ4v) is 2.24. The molecule has 128 valence electrons. The molecule has 0 aliphatic heterocycles. The van der Waals surface area contributed by atoms with Crippen LogP contribution in [0.15, 0.2) is 53.5 Å². The molecule has 2 rings (SSSR count). The van der Waals surface area contributed by atoms with Crippen LogP contribution in [0.1, 0.15) is 17.5 Å². The molecule has 0 unspecified atom stereocenters. The molecule has 0 fully saturated rings. The number of aliphatic imine (C=N–C) groups is 1. The molecule has 0 aliphatic rings. The van der Waals surface area contributed by atoms with Crippen molar-refractivity contribution < 1.29 is 4.39 Å². The summed E-state index contributed by atoms with van der Waals surface area (Å²) in [6.45, 7) is 3.99. The highest BCUT2D eigenvalue weighted by molar-refractivity contribution is 5.79. The molecular formula is C19H25FN4. The first-order valence-corrected chi connectivity index (χ1v) is 8.17. The van der Waals surface area contributed by atoms with Crippen LogP contribution in [-0.2, 0) is 6.54 Å². The van der Waals surface area contributed by atoms with Crippen LogP contribution in [0.4, 0.5) is 10.1 Å². The quantitative estimate of drug-likeness (QED) is 0.415. The molecule has 0 amide bonds. The van der Waals surface area contributed by atoms with Crippen molar-refractivity contribution in [2.24, 2.45) is 4.99 Å². The summed E-state index contributed by atoms with van der Waals surface area (Å²) in [4.78, 5) is 4.18. The molecule has 0 saturated carbocycles. The van der Waals surface area contributed by atoms with Crippen molar-refractivity contribution in [3.8, 4) is 0 Å². The molecule has 0 aliphatic carbocycles. The third-order valence-electron chi connectivity index (χ3n) is 3.67. The maximum absolute atomic E-state index is 13.5. The van der Waals surface area contributed by atoms with Crippen LogP contribution in [0.3, 0.4) is 0 Å². The molecule has 0 spiro atoms. The normalized spacial score (nSPS) is 11.2. The SMILES string of the molecule is CN=C(NCCCNc1ccccc1)NCc1ccc(C)c(F)c1. The largest absolute Gasteiger partial charge is 0.385 e. The molecule has 2 aromatic rings. The molecule has 2 aromatic carbocycles. The average molecular weight is 328 g/mol. The predicted octanol–water partition coefficient (Wildman–Crippen LogP) is 3.30. The Morgan fingerprint density at radius 3 is 2.54 bits per heavy atom. The van der Waals surface area contributed by atoms with E-state index < -0.39 is 0 Å². The van der Waals surface area contributed by atoms with Crippen molar-refractivity contribution in [1.29, 1.82) is 0 Å². The maximum atomic E-state index is 13.5. The van der Waals surface area contributed by atoms with Gasteiger partial charge in [-0.05, 0) is 42.7 Å². The van der Waals surface area contributed by atoms with Gasteiger partial charge in [-0.2, -0.15) is 0 Å². The van der Waals surface area contributed by atoms with Crippen molar-refractivity contribution >= 4 is 11.6 Å². The van der Waals surface area contributed by atoms with E-state index in [-0.39, 0.29) is 5.82 Å². The monoisotopic (exact) mass is 328 g/mol. The number of hydrogen-bond acceptors (Lipinski definition) is 2. The van der Waals surface area contributed by atoms with Gasteiger partial charge in [-0.15, -0.1) is 0 Å². The molecule has 0 aromatic heterocycles. The van der Waals surface area contributed by atoms with E-state index >= 15 is 0 Å². The second kappa shape index (κ2) is 9.55. The fraction of sp³-hybridized carbons (Fsp3) is 0.316. The zero-order valence-corrected chi connectivity index (χ0v) is 14.3. The van der Waals surface area contributed by atoms with E-state index in [1.54, 1.807) is 26.1 Å². The van der Waals surface area contributed by atoms with Crippen molar-refractivity contribution in [2.75, 3.05) is 25.5 Å². The number of aryl methyl sites for hydroxylation is 1. The zero-order chi connectivity index (χ0) is 17.2. The van der Waals surface area contributed by atoms with Crippen molar-refractivity contribution in [3.63, 3.8) is 0 Å². The molecule has 24 heavy (non-hydrogen) atoms. The molecule has 0 radical (unpaired) electrons. The lowest BCUT2D eigenvalue weighted by Gasteiger charge is -2.13. The summed E-state index contributed by atoms with van der Waals surface area (Å²) in [7, 11) is 1.73. The van der Waals surface area contributed by atoms with Gasteiger partial charge in [-0.1, -0.05) is 30.3 Å². The Bertz CT molecular complexity index is 656. The topological polar surface area (TPSA) is 48.5 Å². The molecule has 3 N–H and O–H groups in total. The standard InChI is InChI=1S/C19H25FN4/c1-15-9-10-16(13-18(15)20)14-24-19(21-2)23-12-6-11-22-17-7-4-3-5-8-17/h3-5,7-10,13,22H,6,11-12,14H2,1-2H3,(H2,21,23,24). The van der Waals surface area contributed by atoms with Gasteiger partial charge >= 0.3 is 0 Å². The van der Waals surface area contributed by atoms with Gasteiger partial charge in [0.25, 0.3) is 0 Å². The Morgan fingerprint density at radius 2 is 1.83 bits per heavy atom. The summed E-state index contributed by atoms with van der Waals surface area (Å²) >= 11 is 0. The Balaban J connectivity index is 1.66. The van der Waals surface area contributed by atoms with Gasteiger partial charge in [0.2, 0.25) is 0 Å². The summed E-state index contributed by atoms with van der Waals surface area (Å²) in [5.41, 5.74) is 2.68. The van der Waals surface area contributed by atoms with Gasteiger partial charge in [0.15, 0.2) is 5.96 Å². The molecule has 0 atom stereocenters. The highest BCUT2D eigenvalue weighted by Crippen LogP contribution is 2.08. The molecule has 0 saturated heterocycles. The summed E-state index contributed by atoms with van der Waals surface area (Å²) in [6.07, 6.45) is 0.967. The number of anilines is 1. The lowest BCUT2D eigenvalue weighted by Crippen LogP contribution is -2.37. The predicted molar refractivity (Wildman–Crippen MR) is 98.9 cm³/mol. The lowest BCUT2D eigenvalue weighted by atomic mass is 10.1. The lowest BCUT2D eigenvalue weighted by molar-refractivity contribution is 0.615.